The van der Waals surface area contributed by atoms with Crippen molar-refractivity contribution in [1.29, 1.82) is 0 Å². The molecule has 1 amide bonds. The van der Waals surface area contributed by atoms with Crippen molar-refractivity contribution >= 4 is 17.6 Å². The maximum absolute atomic E-state index is 12.7. The van der Waals surface area contributed by atoms with Crippen LogP contribution in [0.4, 0.5) is 18.9 Å². The number of rotatable bonds is 4. The molecular formula is C16H13F3N2O4. The number of methoxy groups -OCH3 is 1. The van der Waals surface area contributed by atoms with Gasteiger partial charge in [0.1, 0.15) is 6.54 Å². The highest BCUT2D eigenvalue weighted by atomic mass is 19.4. The number of benzene rings is 1. The standard InChI is InChI=1S/C16H13F3N2O4/c1-25-15(24)10-3-2-4-12(7-10)20-13(22)9-21-8-11(16(17,18)19)5-6-14(21)23/h2-8H,9H2,1H3,(H,20,22). The summed E-state index contributed by atoms with van der Waals surface area (Å²) in [5.74, 6) is -1.33. The fraction of sp³-hybridized carbons (Fsp3) is 0.188. The van der Waals surface area contributed by atoms with Gasteiger partial charge in [0.15, 0.2) is 0 Å². The first-order chi connectivity index (χ1) is 11.7. The molecule has 6 nitrogen and oxygen atoms in total. The van der Waals surface area contributed by atoms with Crippen molar-refractivity contribution in [2.24, 2.45) is 0 Å². The summed E-state index contributed by atoms with van der Waals surface area (Å²) >= 11 is 0. The van der Waals surface area contributed by atoms with Crippen molar-refractivity contribution in [3.63, 3.8) is 0 Å². The molecule has 1 aromatic carbocycles. The lowest BCUT2D eigenvalue weighted by Crippen LogP contribution is -2.28. The Morgan fingerprint density at radius 2 is 1.92 bits per heavy atom. The highest BCUT2D eigenvalue weighted by Gasteiger charge is 2.31. The smallest absolute Gasteiger partial charge is 0.417 e. The highest BCUT2D eigenvalue weighted by molar-refractivity contribution is 5.94. The molecular weight excluding hydrogens is 341 g/mol. The quantitative estimate of drug-likeness (QED) is 0.855. The van der Waals surface area contributed by atoms with Crippen LogP contribution in [0.3, 0.4) is 0 Å². The number of anilines is 1. The van der Waals surface area contributed by atoms with E-state index in [0.717, 1.165) is 6.07 Å². The molecule has 1 N–H and O–H groups in total. The van der Waals surface area contributed by atoms with E-state index in [0.29, 0.717) is 16.8 Å². The van der Waals surface area contributed by atoms with Gasteiger partial charge in [-0.05, 0) is 24.3 Å². The predicted octanol–water partition coefficient (Wildman–Crippen LogP) is 2.29. The SMILES string of the molecule is COC(=O)c1cccc(NC(=O)Cn2cc(C(F)(F)F)ccc2=O)c1. The second-order valence-corrected chi connectivity index (χ2v) is 5.00. The molecule has 1 heterocycles. The number of esters is 1. The number of nitrogens with one attached hydrogen (secondary N) is 1. The molecule has 132 valence electrons. The first-order valence-electron chi connectivity index (χ1n) is 6.96. The number of pyridine rings is 1. The van der Waals surface area contributed by atoms with Crippen molar-refractivity contribution in [2.75, 3.05) is 12.4 Å². The molecule has 0 saturated heterocycles. The van der Waals surface area contributed by atoms with Crippen LogP contribution < -0.4 is 10.9 Å². The van der Waals surface area contributed by atoms with E-state index in [1.807, 2.05) is 0 Å². The average molecular weight is 354 g/mol. The van der Waals surface area contributed by atoms with Gasteiger partial charge in [0.25, 0.3) is 5.56 Å². The summed E-state index contributed by atoms with van der Waals surface area (Å²) in [4.78, 5) is 35.0. The number of nitrogens with zero attached hydrogens (tertiary/aromatic N) is 1. The molecule has 0 radical (unpaired) electrons. The van der Waals surface area contributed by atoms with Gasteiger partial charge in [-0.1, -0.05) is 6.07 Å². The van der Waals surface area contributed by atoms with E-state index in [2.05, 4.69) is 10.1 Å². The molecule has 0 bridgehead atoms. The average Bonchev–Trinajstić information content (AvgIpc) is 2.55. The molecule has 0 spiro atoms. The van der Waals surface area contributed by atoms with Crippen LogP contribution in [0.2, 0.25) is 0 Å². The Balaban J connectivity index is 2.16. The number of amides is 1. The van der Waals surface area contributed by atoms with Crippen LogP contribution >= 0.6 is 0 Å². The van der Waals surface area contributed by atoms with E-state index >= 15 is 0 Å². The van der Waals surface area contributed by atoms with E-state index < -0.39 is 35.7 Å². The molecule has 0 aliphatic rings. The van der Waals surface area contributed by atoms with Crippen molar-refractivity contribution in [3.8, 4) is 0 Å². The van der Waals surface area contributed by atoms with Crippen molar-refractivity contribution in [2.45, 2.75) is 12.7 Å². The van der Waals surface area contributed by atoms with Crippen molar-refractivity contribution in [1.82, 2.24) is 4.57 Å². The van der Waals surface area contributed by atoms with Crippen LogP contribution in [-0.2, 0) is 22.3 Å². The predicted molar refractivity (Wildman–Crippen MR) is 82.1 cm³/mol. The van der Waals surface area contributed by atoms with Crippen LogP contribution in [-0.4, -0.2) is 23.6 Å². The van der Waals surface area contributed by atoms with Gasteiger partial charge in [-0.15, -0.1) is 0 Å². The van der Waals surface area contributed by atoms with E-state index in [-0.39, 0.29) is 11.3 Å². The van der Waals surface area contributed by atoms with Crippen LogP contribution in [0.5, 0.6) is 0 Å². The number of hydrogen-bond donors (Lipinski definition) is 1. The molecule has 0 atom stereocenters. The third-order valence-corrected chi connectivity index (χ3v) is 3.19. The Hall–Kier alpha value is -3.10. The Morgan fingerprint density at radius 3 is 2.56 bits per heavy atom. The fourth-order valence-corrected chi connectivity index (χ4v) is 2.02. The second kappa shape index (κ2) is 7.20. The van der Waals surface area contributed by atoms with E-state index in [1.165, 1.54) is 31.4 Å². The van der Waals surface area contributed by atoms with Gasteiger partial charge in [0.05, 0.1) is 18.2 Å². The highest BCUT2D eigenvalue weighted by Crippen LogP contribution is 2.28. The number of hydrogen-bond acceptors (Lipinski definition) is 4. The van der Waals surface area contributed by atoms with Gasteiger partial charge in [0.2, 0.25) is 5.91 Å². The number of halogens is 3. The molecule has 0 saturated carbocycles. The zero-order valence-electron chi connectivity index (χ0n) is 13.0. The lowest BCUT2D eigenvalue weighted by molar-refractivity contribution is -0.138. The van der Waals surface area contributed by atoms with Crippen LogP contribution in [0.25, 0.3) is 0 Å². The minimum absolute atomic E-state index is 0.191. The molecule has 0 fully saturated rings. The fourth-order valence-electron chi connectivity index (χ4n) is 2.02. The zero-order chi connectivity index (χ0) is 18.6. The summed E-state index contributed by atoms with van der Waals surface area (Å²) in [6.07, 6.45) is -4.05. The Labute approximate surface area is 139 Å². The summed E-state index contributed by atoms with van der Waals surface area (Å²) in [7, 11) is 1.20. The molecule has 0 unspecified atom stereocenters. The summed E-state index contributed by atoms with van der Waals surface area (Å²) in [6.45, 7) is -0.606. The van der Waals surface area contributed by atoms with Gasteiger partial charge in [-0.3, -0.25) is 9.59 Å². The number of ether oxygens (including phenoxy) is 1. The first kappa shape index (κ1) is 18.2. The second-order valence-electron chi connectivity index (χ2n) is 5.00. The third-order valence-electron chi connectivity index (χ3n) is 3.19. The molecule has 0 aliphatic heterocycles. The summed E-state index contributed by atoms with van der Waals surface area (Å²) < 4.78 is 43.2. The number of alkyl halides is 3. The minimum Gasteiger partial charge on any atom is -0.465 e. The first-order valence-corrected chi connectivity index (χ1v) is 6.96. The minimum atomic E-state index is -4.62. The molecule has 1 aromatic heterocycles. The Bertz CT molecular complexity index is 859. The van der Waals surface area contributed by atoms with Crippen molar-refractivity contribution < 1.29 is 27.5 Å². The molecule has 2 aromatic rings. The largest absolute Gasteiger partial charge is 0.465 e. The van der Waals surface area contributed by atoms with E-state index in [9.17, 15) is 27.6 Å². The summed E-state index contributed by atoms with van der Waals surface area (Å²) in [6, 6.07) is 7.19. The number of carbonyl (C=O) groups is 2. The number of aromatic nitrogens is 1. The van der Waals surface area contributed by atoms with Gasteiger partial charge >= 0.3 is 12.1 Å². The topological polar surface area (TPSA) is 77.4 Å². The monoisotopic (exact) mass is 354 g/mol. The normalized spacial score (nSPS) is 11.0. The maximum Gasteiger partial charge on any atom is 0.417 e. The lowest BCUT2D eigenvalue weighted by atomic mass is 10.2. The maximum atomic E-state index is 12.7. The lowest BCUT2D eigenvalue weighted by Gasteiger charge is -2.11. The molecule has 0 aliphatic carbocycles. The van der Waals surface area contributed by atoms with Gasteiger partial charge in [-0.2, -0.15) is 13.2 Å². The van der Waals surface area contributed by atoms with E-state index in [1.54, 1.807) is 0 Å². The molecule has 25 heavy (non-hydrogen) atoms. The third kappa shape index (κ3) is 4.69. The number of carbonyl (C=O) groups excluding carboxylic acids is 2. The zero-order valence-corrected chi connectivity index (χ0v) is 13.0. The Morgan fingerprint density at radius 1 is 1.20 bits per heavy atom. The Kier molecular flexibility index (Phi) is 5.26. The van der Waals surface area contributed by atoms with E-state index in [4.69, 9.17) is 0 Å². The van der Waals surface area contributed by atoms with Crippen molar-refractivity contribution in [3.05, 3.63) is 64.1 Å². The van der Waals surface area contributed by atoms with Crippen LogP contribution in [0.1, 0.15) is 15.9 Å². The van der Waals surface area contributed by atoms with Gasteiger partial charge in [0, 0.05) is 18.0 Å². The van der Waals surface area contributed by atoms with Crippen LogP contribution in [0.15, 0.2) is 47.4 Å². The summed E-state index contributed by atoms with van der Waals surface area (Å²) in [5.41, 5.74) is -1.34. The van der Waals surface area contributed by atoms with Crippen LogP contribution in [0, 0.1) is 0 Å². The van der Waals surface area contributed by atoms with Gasteiger partial charge in [-0.25, -0.2) is 4.79 Å². The molecule has 9 heteroatoms. The van der Waals surface area contributed by atoms with Gasteiger partial charge < -0.3 is 14.6 Å². The summed E-state index contributed by atoms with van der Waals surface area (Å²) in [5, 5.41) is 2.41. The molecule has 2 rings (SSSR count).